The fourth-order valence-electron chi connectivity index (χ4n) is 2.76. The lowest BCUT2D eigenvalue weighted by Crippen LogP contribution is -1.99. The third kappa shape index (κ3) is 2.14. The zero-order valence-electron chi connectivity index (χ0n) is 11.7. The van der Waals surface area contributed by atoms with Crippen molar-refractivity contribution < 1.29 is 0 Å². The van der Waals surface area contributed by atoms with Gasteiger partial charge in [-0.1, -0.05) is 23.3 Å². The largest absolute Gasteiger partial charge is 0.340 e. The predicted octanol–water partition coefficient (Wildman–Crippen LogP) is 4.77. The number of rotatable bonds is 3. The molecule has 2 aromatic carbocycles. The van der Waals surface area contributed by atoms with Gasteiger partial charge in [-0.15, -0.1) is 0 Å². The molecule has 1 aromatic heterocycles. The third-order valence-electron chi connectivity index (χ3n) is 3.69. The molecule has 0 aliphatic rings. The lowest BCUT2D eigenvalue weighted by atomic mass is 10.1. The predicted molar refractivity (Wildman–Crippen MR) is 87.3 cm³/mol. The molecule has 0 amide bonds. The van der Waals surface area contributed by atoms with Crippen LogP contribution in [0, 0.1) is 13.8 Å². The molecule has 19 heavy (non-hydrogen) atoms. The van der Waals surface area contributed by atoms with Crippen LogP contribution in [0.4, 0.5) is 0 Å². The van der Waals surface area contributed by atoms with E-state index in [9.17, 15) is 0 Å². The molecule has 2 heteroatoms. The number of aryl methyl sites for hydroxylation is 3. The molecule has 0 radical (unpaired) electrons. The summed E-state index contributed by atoms with van der Waals surface area (Å²) in [4.78, 5) is 0. The van der Waals surface area contributed by atoms with Crippen molar-refractivity contribution in [2.45, 2.75) is 20.4 Å². The number of aromatic nitrogens is 1. The SMILES string of the molecule is CSCCn1c2ccc(C)cc2c2cc(C)ccc21. The van der Waals surface area contributed by atoms with Crippen LogP contribution in [-0.2, 0) is 6.54 Å². The van der Waals surface area contributed by atoms with Gasteiger partial charge in [0.25, 0.3) is 0 Å². The van der Waals surface area contributed by atoms with Crippen molar-refractivity contribution in [3.8, 4) is 0 Å². The summed E-state index contributed by atoms with van der Waals surface area (Å²) in [5.74, 6) is 1.15. The van der Waals surface area contributed by atoms with Gasteiger partial charge < -0.3 is 4.57 Å². The summed E-state index contributed by atoms with van der Waals surface area (Å²) >= 11 is 1.90. The van der Waals surface area contributed by atoms with Crippen LogP contribution in [0.3, 0.4) is 0 Å². The van der Waals surface area contributed by atoms with E-state index in [2.05, 4.69) is 61.1 Å². The van der Waals surface area contributed by atoms with E-state index in [1.807, 2.05) is 11.8 Å². The molecule has 0 fully saturated rings. The van der Waals surface area contributed by atoms with Gasteiger partial charge >= 0.3 is 0 Å². The van der Waals surface area contributed by atoms with Gasteiger partial charge in [0.15, 0.2) is 0 Å². The number of thioether (sulfide) groups is 1. The van der Waals surface area contributed by atoms with Gasteiger partial charge in [-0.2, -0.15) is 11.8 Å². The van der Waals surface area contributed by atoms with Crippen LogP contribution in [0.25, 0.3) is 21.8 Å². The fraction of sp³-hybridized carbons (Fsp3) is 0.294. The maximum Gasteiger partial charge on any atom is 0.0491 e. The molecule has 0 saturated heterocycles. The molecular weight excluding hydrogens is 250 g/mol. The van der Waals surface area contributed by atoms with Gasteiger partial charge in [0.05, 0.1) is 0 Å². The molecule has 0 saturated carbocycles. The van der Waals surface area contributed by atoms with Crippen LogP contribution < -0.4 is 0 Å². The van der Waals surface area contributed by atoms with E-state index in [1.54, 1.807) is 0 Å². The summed E-state index contributed by atoms with van der Waals surface area (Å²) in [6.07, 6.45) is 2.17. The highest BCUT2D eigenvalue weighted by Crippen LogP contribution is 2.30. The lowest BCUT2D eigenvalue weighted by Gasteiger charge is -2.06. The average Bonchev–Trinajstić information content (AvgIpc) is 2.69. The molecule has 1 heterocycles. The van der Waals surface area contributed by atoms with Crippen molar-refractivity contribution >= 4 is 33.6 Å². The zero-order valence-corrected chi connectivity index (χ0v) is 12.6. The molecule has 3 aromatic rings. The molecular formula is C17H19NS. The Bertz CT molecular complexity index is 680. The second-order valence-electron chi connectivity index (χ2n) is 5.19. The Morgan fingerprint density at radius 3 is 1.89 bits per heavy atom. The number of nitrogens with zero attached hydrogens (tertiary/aromatic N) is 1. The topological polar surface area (TPSA) is 4.93 Å². The molecule has 3 rings (SSSR count). The van der Waals surface area contributed by atoms with Crippen LogP contribution in [-0.4, -0.2) is 16.6 Å². The van der Waals surface area contributed by atoms with Gasteiger partial charge in [-0.25, -0.2) is 0 Å². The Morgan fingerprint density at radius 2 is 1.42 bits per heavy atom. The molecule has 1 nitrogen and oxygen atoms in total. The Hall–Kier alpha value is -1.41. The van der Waals surface area contributed by atoms with Gasteiger partial charge in [-0.3, -0.25) is 0 Å². The fourth-order valence-corrected chi connectivity index (χ4v) is 3.12. The van der Waals surface area contributed by atoms with Crippen molar-refractivity contribution in [1.29, 1.82) is 0 Å². The monoisotopic (exact) mass is 269 g/mol. The van der Waals surface area contributed by atoms with Gasteiger partial charge in [0.1, 0.15) is 0 Å². The van der Waals surface area contributed by atoms with Gasteiger partial charge in [-0.05, 0) is 44.4 Å². The summed E-state index contributed by atoms with van der Waals surface area (Å²) < 4.78 is 2.46. The van der Waals surface area contributed by atoms with Crippen LogP contribution in [0.15, 0.2) is 36.4 Å². The minimum Gasteiger partial charge on any atom is -0.340 e. The minimum atomic E-state index is 1.08. The standard InChI is InChI=1S/C17H19NS/c1-12-4-6-16-14(10-12)15-11-13(2)5-7-17(15)18(16)8-9-19-3/h4-7,10-11H,8-9H2,1-3H3. The summed E-state index contributed by atoms with van der Waals surface area (Å²) in [6, 6.07) is 13.6. The molecule has 98 valence electrons. The van der Waals surface area contributed by atoms with Crippen LogP contribution in [0.5, 0.6) is 0 Å². The van der Waals surface area contributed by atoms with E-state index < -0.39 is 0 Å². The maximum atomic E-state index is 2.46. The van der Waals surface area contributed by atoms with Crippen molar-refractivity contribution in [2.75, 3.05) is 12.0 Å². The Balaban J connectivity index is 2.36. The number of fused-ring (bicyclic) bond motifs is 3. The van der Waals surface area contributed by atoms with Crippen molar-refractivity contribution in [2.24, 2.45) is 0 Å². The van der Waals surface area contributed by atoms with E-state index >= 15 is 0 Å². The average molecular weight is 269 g/mol. The molecule has 0 bridgehead atoms. The first-order valence-corrected chi connectivity index (χ1v) is 8.08. The van der Waals surface area contributed by atoms with Crippen LogP contribution in [0.1, 0.15) is 11.1 Å². The van der Waals surface area contributed by atoms with Crippen LogP contribution >= 0.6 is 11.8 Å². The molecule has 0 atom stereocenters. The van der Waals surface area contributed by atoms with E-state index in [4.69, 9.17) is 0 Å². The van der Waals surface area contributed by atoms with Crippen molar-refractivity contribution in [3.63, 3.8) is 0 Å². The smallest absolute Gasteiger partial charge is 0.0491 e. The molecule has 0 unspecified atom stereocenters. The van der Waals surface area contributed by atoms with Crippen molar-refractivity contribution in [3.05, 3.63) is 47.5 Å². The highest BCUT2D eigenvalue weighted by molar-refractivity contribution is 7.98. The minimum absolute atomic E-state index is 1.08. The normalized spacial score (nSPS) is 11.5. The van der Waals surface area contributed by atoms with E-state index in [0.717, 1.165) is 12.3 Å². The first-order chi connectivity index (χ1) is 9.20. The van der Waals surface area contributed by atoms with E-state index in [0.29, 0.717) is 0 Å². The Kier molecular flexibility index (Phi) is 3.28. The summed E-state index contributed by atoms with van der Waals surface area (Å²) in [5.41, 5.74) is 5.39. The summed E-state index contributed by atoms with van der Waals surface area (Å²) in [5, 5.41) is 2.78. The van der Waals surface area contributed by atoms with Crippen LogP contribution in [0.2, 0.25) is 0 Å². The quantitative estimate of drug-likeness (QED) is 0.662. The van der Waals surface area contributed by atoms with E-state index in [-0.39, 0.29) is 0 Å². The molecule has 0 aliphatic heterocycles. The lowest BCUT2D eigenvalue weighted by molar-refractivity contribution is 0.838. The van der Waals surface area contributed by atoms with E-state index in [1.165, 1.54) is 32.9 Å². The first kappa shape index (κ1) is 12.6. The number of hydrogen-bond donors (Lipinski definition) is 0. The Labute approximate surface area is 118 Å². The Morgan fingerprint density at radius 1 is 0.895 bits per heavy atom. The molecule has 0 spiro atoms. The summed E-state index contributed by atoms with van der Waals surface area (Å²) in [7, 11) is 0. The van der Waals surface area contributed by atoms with Gasteiger partial charge in [0.2, 0.25) is 0 Å². The third-order valence-corrected chi connectivity index (χ3v) is 4.29. The molecule has 0 aliphatic carbocycles. The molecule has 0 N–H and O–H groups in total. The summed E-state index contributed by atoms with van der Waals surface area (Å²) in [6.45, 7) is 5.41. The number of benzene rings is 2. The first-order valence-electron chi connectivity index (χ1n) is 6.69. The van der Waals surface area contributed by atoms with Gasteiger partial charge in [0, 0.05) is 34.1 Å². The second-order valence-corrected chi connectivity index (χ2v) is 6.17. The highest BCUT2D eigenvalue weighted by atomic mass is 32.2. The highest BCUT2D eigenvalue weighted by Gasteiger charge is 2.10. The second kappa shape index (κ2) is 4.93. The maximum absolute atomic E-state index is 2.46. The number of hydrogen-bond acceptors (Lipinski definition) is 1. The van der Waals surface area contributed by atoms with Crippen molar-refractivity contribution in [1.82, 2.24) is 4.57 Å². The zero-order chi connectivity index (χ0) is 13.4.